The zero-order valence-electron chi connectivity index (χ0n) is 14.1. The molecule has 0 saturated carbocycles. The third kappa shape index (κ3) is 3.28. The van der Waals surface area contributed by atoms with Crippen molar-refractivity contribution in [2.24, 2.45) is 5.92 Å². The van der Waals surface area contributed by atoms with Crippen LogP contribution in [0, 0.1) is 17.2 Å². The summed E-state index contributed by atoms with van der Waals surface area (Å²) in [5.41, 5.74) is 0.0455. The van der Waals surface area contributed by atoms with Gasteiger partial charge in [0.15, 0.2) is 11.3 Å². The van der Waals surface area contributed by atoms with Gasteiger partial charge in [0, 0.05) is 19.2 Å². The van der Waals surface area contributed by atoms with Crippen LogP contribution < -0.4 is 4.90 Å². The Morgan fingerprint density at radius 3 is 2.81 bits per heavy atom. The molecule has 0 amide bonds. The van der Waals surface area contributed by atoms with E-state index in [4.69, 9.17) is 5.26 Å². The van der Waals surface area contributed by atoms with Crippen molar-refractivity contribution >= 4 is 11.5 Å². The Morgan fingerprint density at radius 1 is 1.19 bits per heavy atom. The molecule has 0 aliphatic carbocycles. The molecule has 1 aliphatic heterocycles. The van der Waals surface area contributed by atoms with Gasteiger partial charge in [0.1, 0.15) is 17.8 Å². The summed E-state index contributed by atoms with van der Waals surface area (Å²) in [6.07, 6.45) is -0.0325. The molecule has 1 fully saturated rings. The Hall–Kier alpha value is -3.22. The molecule has 3 aromatic heterocycles. The Balaban J connectivity index is 1.73. The first-order valence-corrected chi connectivity index (χ1v) is 8.34. The molecule has 0 N–H and O–H groups in total. The van der Waals surface area contributed by atoms with Gasteiger partial charge in [0.2, 0.25) is 0 Å². The summed E-state index contributed by atoms with van der Waals surface area (Å²) in [7, 11) is 0. The lowest BCUT2D eigenvalue weighted by Gasteiger charge is -2.30. The summed E-state index contributed by atoms with van der Waals surface area (Å²) in [5.74, 6) is 0.561. The average Bonchev–Trinajstić information content (AvgIpc) is 3.11. The second-order valence-corrected chi connectivity index (χ2v) is 6.31. The van der Waals surface area contributed by atoms with Gasteiger partial charge in [-0.3, -0.25) is 0 Å². The van der Waals surface area contributed by atoms with E-state index in [0.29, 0.717) is 29.4 Å². The second-order valence-electron chi connectivity index (χ2n) is 6.31. The SMILES string of the molecule is N#CC1CCCN(c2cc(-c3cnc4ccc(C(F)(F)F)nn34)ncn2)C1. The number of rotatable bonds is 2. The molecule has 1 unspecified atom stereocenters. The number of nitrogens with zero attached hydrogens (tertiary/aromatic N) is 7. The molecule has 1 atom stereocenters. The zero-order chi connectivity index (χ0) is 19.0. The lowest BCUT2D eigenvalue weighted by molar-refractivity contribution is -0.141. The van der Waals surface area contributed by atoms with Gasteiger partial charge < -0.3 is 4.90 Å². The third-order valence-corrected chi connectivity index (χ3v) is 4.50. The molecule has 0 spiro atoms. The standard InChI is InChI=1S/C17H14F3N7/c18-17(19,20)14-3-4-15-22-8-13(27(15)25-14)12-6-16(24-10-23-12)26-5-1-2-11(7-21)9-26/h3-4,6,8,10-11H,1-2,5,9H2. The maximum atomic E-state index is 13.0. The summed E-state index contributed by atoms with van der Waals surface area (Å²) in [5, 5.41) is 12.8. The minimum atomic E-state index is -4.55. The van der Waals surface area contributed by atoms with E-state index in [2.05, 4.69) is 26.1 Å². The first-order chi connectivity index (χ1) is 13.0. The van der Waals surface area contributed by atoms with Gasteiger partial charge >= 0.3 is 6.18 Å². The molecule has 4 heterocycles. The molecule has 138 valence electrons. The van der Waals surface area contributed by atoms with Crippen LogP contribution in [-0.2, 0) is 6.18 Å². The third-order valence-electron chi connectivity index (χ3n) is 4.50. The van der Waals surface area contributed by atoms with E-state index in [9.17, 15) is 13.2 Å². The van der Waals surface area contributed by atoms with Gasteiger partial charge in [-0.1, -0.05) is 0 Å². The minimum Gasteiger partial charge on any atom is -0.355 e. The summed E-state index contributed by atoms with van der Waals surface area (Å²) in [4.78, 5) is 14.5. The van der Waals surface area contributed by atoms with Crippen LogP contribution in [0.2, 0.25) is 0 Å². The minimum absolute atomic E-state index is 0.0658. The molecule has 3 aromatic rings. The van der Waals surface area contributed by atoms with Crippen LogP contribution in [0.3, 0.4) is 0 Å². The molecule has 0 radical (unpaired) electrons. The number of hydrogen-bond donors (Lipinski definition) is 0. The van der Waals surface area contributed by atoms with Gasteiger partial charge in [-0.05, 0) is 25.0 Å². The van der Waals surface area contributed by atoms with Crippen molar-refractivity contribution in [3.8, 4) is 17.5 Å². The van der Waals surface area contributed by atoms with Crippen molar-refractivity contribution in [1.29, 1.82) is 5.26 Å². The molecule has 4 rings (SSSR count). The van der Waals surface area contributed by atoms with Crippen LogP contribution in [0.5, 0.6) is 0 Å². The average molecular weight is 373 g/mol. The van der Waals surface area contributed by atoms with Crippen LogP contribution in [-0.4, -0.2) is 37.7 Å². The van der Waals surface area contributed by atoms with E-state index in [1.165, 1.54) is 18.6 Å². The zero-order valence-corrected chi connectivity index (χ0v) is 14.1. The van der Waals surface area contributed by atoms with E-state index in [0.717, 1.165) is 30.0 Å². The fourth-order valence-corrected chi connectivity index (χ4v) is 3.15. The largest absolute Gasteiger partial charge is 0.435 e. The fraction of sp³-hybridized carbons (Fsp3) is 0.353. The highest BCUT2D eigenvalue weighted by Crippen LogP contribution is 2.29. The maximum absolute atomic E-state index is 13.0. The van der Waals surface area contributed by atoms with E-state index < -0.39 is 11.9 Å². The van der Waals surface area contributed by atoms with Crippen molar-refractivity contribution in [3.63, 3.8) is 0 Å². The number of aromatic nitrogens is 5. The van der Waals surface area contributed by atoms with Crippen LogP contribution in [0.1, 0.15) is 18.5 Å². The van der Waals surface area contributed by atoms with Crippen molar-refractivity contribution in [2.45, 2.75) is 19.0 Å². The number of imidazole rings is 1. The highest BCUT2D eigenvalue weighted by atomic mass is 19.4. The first-order valence-electron chi connectivity index (χ1n) is 8.34. The number of alkyl halides is 3. The van der Waals surface area contributed by atoms with Gasteiger partial charge in [-0.25, -0.2) is 19.5 Å². The normalized spacial score (nSPS) is 17.9. The Morgan fingerprint density at radius 2 is 2.04 bits per heavy atom. The van der Waals surface area contributed by atoms with Gasteiger partial charge in [0.05, 0.1) is 23.9 Å². The monoisotopic (exact) mass is 373 g/mol. The lowest BCUT2D eigenvalue weighted by Crippen LogP contribution is -2.35. The predicted octanol–water partition coefficient (Wildman–Crippen LogP) is 2.95. The van der Waals surface area contributed by atoms with E-state index in [1.807, 2.05) is 4.90 Å². The number of piperidine rings is 1. The summed E-state index contributed by atoms with van der Waals surface area (Å²) in [6.45, 7) is 1.33. The van der Waals surface area contributed by atoms with Crippen molar-refractivity contribution in [3.05, 3.63) is 36.4 Å². The highest BCUT2D eigenvalue weighted by Gasteiger charge is 2.33. The van der Waals surface area contributed by atoms with Crippen LogP contribution in [0.4, 0.5) is 19.0 Å². The smallest absolute Gasteiger partial charge is 0.355 e. The second kappa shape index (κ2) is 6.50. The van der Waals surface area contributed by atoms with Crippen molar-refractivity contribution < 1.29 is 13.2 Å². The van der Waals surface area contributed by atoms with Crippen LogP contribution in [0.15, 0.2) is 30.7 Å². The van der Waals surface area contributed by atoms with Gasteiger partial charge in [0.25, 0.3) is 0 Å². The maximum Gasteiger partial charge on any atom is 0.435 e. The molecule has 0 aromatic carbocycles. The van der Waals surface area contributed by atoms with E-state index >= 15 is 0 Å². The van der Waals surface area contributed by atoms with Gasteiger partial charge in [-0.2, -0.15) is 23.5 Å². The molecular formula is C17H14F3N7. The molecule has 27 heavy (non-hydrogen) atoms. The first kappa shape index (κ1) is 17.2. The topological polar surface area (TPSA) is 83.0 Å². The van der Waals surface area contributed by atoms with E-state index in [-0.39, 0.29) is 5.92 Å². The van der Waals surface area contributed by atoms with Crippen molar-refractivity contribution in [2.75, 3.05) is 18.0 Å². The Labute approximate surface area is 152 Å². The summed E-state index contributed by atoms with van der Waals surface area (Å²) >= 11 is 0. The molecule has 1 aliphatic rings. The Kier molecular flexibility index (Phi) is 4.14. The highest BCUT2D eigenvalue weighted by molar-refractivity contribution is 5.62. The van der Waals surface area contributed by atoms with Gasteiger partial charge in [-0.15, -0.1) is 0 Å². The predicted molar refractivity (Wildman–Crippen MR) is 89.6 cm³/mol. The molecule has 10 heteroatoms. The van der Waals surface area contributed by atoms with Crippen LogP contribution >= 0.6 is 0 Å². The number of hydrogen-bond acceptors (Lipinski definition) is 6. The number of anilines is 1. The summed E-state index contributed by atoms with van der Waals surface area (Å²) in [6, 6.07) is 6.12. The molecule has 0 bridgehead atoms. The van der Waals surface area contributed by atoms with Crippen molar-refractivity contribution in [1.82, 2.24) is 24.6 Å². The quantitative estimate of drug-likeness (QED) is 0.687. The molecule has 7 nitrogen and oxygen atoms in total. The number of fused-ring (bicyclic) bond motifs is 1. The lowest BCUT2D eigenvalue weighted by atomic mass is 10.00. The molecule has 1 saturated heterocycles. The van der Waals surface area contributed by atoms with E-state index in [1.54, 1.807) is 6.07 Å². The fourth-order valence-electron chi connectivity index (χ4n) is 3.15. The summed E-state index contributed by atoms with van der Waals surface area (Å²) < 4.78 is 40.1. The number of halogens is 3. The Bertz CT molecular complexity index is 1020. The number of nitriles is 1. The molecular weight excluding hydrogens is 359 g/mol. The van der Waals surface area contributed by atoms with Crippen LogP contribution in [0.25, 0.3) is 17.0 Å².